The molecular formula is C12H24N2. The SMILES string of the molecule is C=CCNCCN1CCCC1C(C)C. The second kappa shape index (κ2) is 6.20. The first-order chi connectivity index (χ1) is 6.75. The van der Waals surface area contributed by atoms with Gasteiger partial charge in [0, 0.05) is 25.7 Å². The van der Waals surface area contributed by atoms with E-state index in [1.807, 2.05) is 6.08 Å². The first-order valence-electron chi connectivity index (χ1n) is 5.81. The molecule has 1 atom stereocenters. The third kappa shape index (κ3) is 3.43. The predicted octanol–water partition coefficient (Wildman–Crippen LogP) is 1.88. The summed E-state index contributed by atoms with van der Waals surface area (Å²) in [6, 6.07) is 0.820. The van der Waals surface area contributed by atoms with Gasteiger partial charge in [-0.2, -0.15) is 0 Å². The molecule has 1 aliphatic rings. The maximum Gasteiger partial charge on any atom is 0.0132 e. The van der Waals surface area contributed by atoms with Gasteiger partial charge < -0.3 is 5.32 Å². The van der Waals surface area contributed by atoms with E-state index in [2.05, 4.69) is 30.6 Å². The topological polar surface area (TPSA) is 15.3 Å². The Hall–Kier alpha value is -0.340. The first-order valence-corrected chi connectivity index (χ1v) is 5.81. The highest BCUT2D eigenvalue weighted by molar-refractivity contribution is 4.82. The van der Waals surface area contributed by atoms with Gasteiger partial charge in [-0.1, -0.05) is 19.9 Å². The molecule has 1 rings (SSSR count). The summed E-state index contributed by atoms with van der Waals surface area (Å²) in [5.74, 6) is 0.803. The van der Waals surface area contributed by atoms with Crippen molar-refractivity contribution in [3.05, 3.63) is 12.7 Å². The van der Waals surface area contributed by atoms with E-state index >= 15 is 0 Å². The largest absolute Gasteiger partial charge is 0.312 e. The average Bonchev–Trinajstić information content (AvgIpc) is 2.60. The van der Waals surface area contributed by atoms with Crippen LogP contribution < -0.4 is 5.32 Å². The van der Waals surface area contributed by atoms with Crippen LogP contribution in [0.25, 0.3) is 0 Å². The summed E-state index contributed by atoms with van der Waals surface area (Å²) >= 11 is 0. The molecule has 0 spiro atoms. The smallest absolute Gasteiger partial charge is 0.0132 e. The average molecular weight is 196 g/mol. The summed E-state index contributed by atoms with van der Waals surface area (Å²) in [6.07, 6.45) is 4.69. The van der Waals surface area contributed by atoms with Crippen LogP contribution in [0.3, 0.4) is 0 Å². The van der Waals surface area contributed by atoms with E-state index < -0.39 is 0 Å². The molecule has 0 aromatic carbocycles. The Labute approximate surface area is 88.4 Å². The number of rotatable bonds is 6. The van der Waals surface area contributed by atoms with Gasteiger partial charge in [-0.15, -0.1) is 6.58 Å². The van der Waals surface area contributed by atoms with Gasteiger partial charge in [-0.3, -0.25) is 4.90 Å². The predicted molar refractivity (Wildman–Crippen MR) is 62.5 cm³/mol. The molecule has 0 radical (unpaired) electrons. The Kier molecular flexibility index (Phi) is 5.20. The van der Waals surface area contributed by atoms with Gasteiger partial charge in [0.25, 0.3) is 0 Å². The Morgan fingerprint density at radius 3 is 3.00 bits per heavy atom. The van der Waals surface area contributed by atoms with Gasteiger partial charge in [-0.25, -0.2) is 0 Å². The normalized spacial score (nSPS) is 23.2. The van der Waals surface area contributed by atoms with E-state index in [-0.39, 0.29) is 0 Å². The van der Waals surface area contributed by atoms with Crippen LogP contribution in [0.5, 0.6) is 0 Å². The molecule has 0 aromatic rings. The van der Waals surface area contributed by atoms with Crippen LogP contribution in [-0.4, -0.2) is 37.1 Å². The van der Waals surface area contributed by atoms with Gasteiger partial charge in [0.1, 0.15) is 0 Å². The molecule has 1 N–H and O–H groups in total. The van der Waals surface area contributed by atoms with Gasteiger partial charge in [0.15, 0.2) is 0 Å². The zero-order valence-corrected chi connectivity index (χ0v) is 9.63. The summed E-state index contributed by atoms with van der Waals surface area (Å²) in [5, 5.41) is 3.36. The highest BCUT2D eigenvalue weighted by atomic mass is 15.2. The number of hydrogen-bond donors (Lipinski definition) is 1. The fraction of sp³-hybridized carbons (Fsp3) is 0.833. The monoisotopic (exact) mass is 196 g/mol. The van der Waals surface area contributed by atoms with E-state index in [9.17, 15) is 0 Å². The van der Waals surface area contributed by atoms with Gasteiger partial charge in [0.2, 0.25) is 0 Å². The Morgan fingerprint density at radius 2 is 2.36 bits per heavy atom. The van der Waals surface area contributed by atoms with Crippen LogP contribution in [0, 0.1) is 5.92 Å². The van der Waals surface area contributed by atoms with Crippen molar-refractivity contribution in [1.82, 2.24) is 10.2 Å². The second-order valence-corrected chi connectivity index (χ2v) is 4.48. The molecule has 0 aliphatic carbocycles. The molecule has 1 heterocycles. The lowest BCUT2D eigenvalue weighted by Crippen LogP contribution is -2.38. The van der Waals surface area contributed by atoms with Crippen molar-refractivity contribution in [3.8, 4) is 0 Å². The maximum atomic E-state index is 3.70. The fourth-order valence-electron chi connectivity index (χ4n) is 2.31. The van der Waals surface area contributed by atoms with Crippen molar-refractivity contribution >= 4 is 0 Å². The third-order valence-corrected chi connectivity index (χ3v) is 3.05. The summed E-state index contributed by atoms with van der Waals surface area (Å²) in [6.45, 7) is 12.9. The van der Waals surface area contributed by atoms with Gasteiger partial charge in [0.05, 0.1) is 0 Å². The van der Waals surface area contributed by atoms with Crippen LogP contribution in [0.2, 0.25) is 0 Å². The van der Waals surface area contributed by atoms with E-state index in [0.717, 1.165) is 25.0 Å². The first kappa shape index (κ1) is 11.7. The van der Waals surface area contributed by atoms with Crippen LogP contribution in [0.4, 0.5) is 0 Å². The lowest BCUT2D eigenvalue weighted by molar-refractivity contribution is 0.208. The van der Waals surface area contributed by atoms with Crippen molar-refractivity contribution in [3.63, 3.8) is 0 Å². The van der Waals surface area contributed by atoms with Crippen LogP contribution in [0.1, 0.15) is 26.7 Å². The van der Waals surface area contributed by atoms with Crippen molar-refractivity contribution in [2.45, 2.75) is 32.7 Å². The standard InChI is InChI=1S/C12H24N2/c1-4-7-13-8-10-14-9-5-6-12(14)11(2)3/h4,11-13H,1,5-10H2,2-3H3. The highest BCUT2D eigenvalue weighted by Gasteiger charge is 2.25. The molecule has 0 amide bonds. The van der Waals surface area contributed by atoms with Crippen LogP contribution in [-0.2, 0) is 0 Å². The summed E-state index contributed by atoms with van der Waals surface area (Å²) in [7, 11) is 0. The summed E-state index contributed by atoms with van der Waals surface area (Å²) in [4.78, 5) is 2.63. The highest BCUT2D eigenvalue weighted by Crippen LogP contribution is 2.22. The minimum absolute atomic E-state index is 0.803. The molecular weight excluding hydrogens is 172 g/mol. The Morgan fingerprint density at radius 1 is 1.57 bits per heavy atom. The summed E-state index contributed by atoms with van der Waals surface area (Å²) in [5.41, 5.74) is 0. The van der Waals surface area contributed by atoms with Crippen molar-refractivity contribution in [2.24, 2.45) is 5.92 Å². The third-order valence-electron chi connectivity index (χ3n) is 3.05. The van der Waals surface area contributed by atoms with Crippen LogP contribution >= 0.6 is 0 Å². The zero-order chi connectivity index (χ0) is 10.4. The second-order valence-electron chi connectivity index (χ2n) is 4.48. The van der Waals surface area contributed by atoms with Gasteiger partial charge >= 0.3 is 0 Å². The fourth-order valence-corrected chi connectivity index (χ4v) is 2.31. The minimum Gasteiger partial charge on any atom is -0.312 e. The van der Waals surface area contributed by atoms with Crippen molar-refractivity contribution in [1.29, 1.82) is 0 Å². The molecule has 0 bridgehead atoms. The zero-order valence-electron chi connectivity index (χ0n) is 9.63. The minimum atomic E-state index is 0.803. The molecule has 14 heavy (non-hydrogen) atoms. The van der Waals surface area contributed by atoms with Gasteiger partial charge in [-0.05, 0) is 25.3 Å². The van der Waals surface area contributed by atoms with Crippen molar-refractivity contribution in [2.75, 3.05) is 26.2 Å². The quantitative estimate of drug-likeness (QED) is 0.515. The Balaban J connectivity index is 2.18. The maximum absolute atomic E-state index is 3.70. The Bertz CT molecular complexity index is 166. The van der Waals surface area contributed by atoms with Crippen molar-refractivity contribution < 1.29 is 0 Å². The molecule has 0 saturated carbocycles. The lowest BCUT2D eigenvalue weighted by atomic mass is 10.0. The molecule has 1 aliphatic heterocycles. The number of nitrogens with zero attached hydrogens (tertiary/aromatic N) is 1. The molecule has 82 valence electrons. The summed E-state index contributed by atoms with van der Waals surface area (Å²) < 4.78 is 0. The molecule has 0 aromatic heterocycles. The number of likely N-dealkylation sites (tertiary alicyclic amines) is 1. The van der Waals surface area contributed by atoms with Crippen LogP contribution in [0.15, 0.2) is 12.7 Å². The molecule has 2 heteroatoms. The van der Waals surface area contributed by atoms with E-state index in [1.165, 1.54) is 25.9 Å². The van der Waals surface area contributed by atoms with E-state index in [4.69, 9.17) is 0 Å². The number of hydrogen-bond acceptors (Lipinski definition) is 2. The van der Waals surface area contributed by atoms with E-state index in [1.54, 1.807) is 0 Å². The molecule has 1 unspecified atom stereocenters. The lowest BCUT2D eigenvalue weighted by Gasteiger charge is -2.27. The molecule has 1 saturated heterocycles. The van der Waals surface area contributed by atoms with E-state index in [0.29, 0.717) is 0 Å². The molecule has 1 fully saturated rings. The molecule has 2 nitrogen and oxygen atoms in total. The number of nitrogens with one attached hydrogen (secondary N) is 1.